The van der Waals surface area contributed by atoms with Crippen LogP contribution in [0, 0.1) is 11.8 Å². The van der Waals surface area contributed by atoms with Crippen LogP contribution in [0.25, 0.3) is 0 Å². The standard InChI is InChI=1S/C15H25N5O2/c1-18(2)15(22)14-10-19-5-3-11(14)7-13(19)9-20-8-12(4-6-21)16-17-20/h8,11,13-14,21H,3-7,9-10H2,1-2H3/t11?,13-,14+/m1/s1. The molecule has 3 aliphatic rings. The first-order chi connectivity index (χ1) is 10.6. The summed E-state index contributed by atoms with van der Waals surface area (Å²) < 4.78 is 1.87. The summed E-state index contributed by atoms with van der Waals surface area (Å²) in [7, 11) is 3.69. The Morgan fingerprint density at radius 3 is 2.95 bits per heavy atom. The molecule has 7 heteroatoms. The van der Waals surface area contributed by atoms with Gasteiger partial charge in [-0.15, -0.1) is 5.10 Å². The molecule has 3 fully saturated rings. The molecular formula is C15H25N5O2. The van der Waals surface area contributed by atoms with E-state index in [1.165, 1.54) is 0 Å². The summed E-state index contributed by atoms with van der Waals surface area (Å²) in [6.07, 6.45) is 4.64. The van der Waals surface area contributed by atoms with Crippen molar-refractivity contribution >= 4 is 5.91 Å². The molecule has 4 rings (SSSR count). The largest absolute Gasteiger partial charge is 0.396 e. The van der Waals surface area contributed by atoms with E-state index >= 15 is 0 Å². The van der Waals surface area contributed by atoms with Crippen LogP contribution in [0.2, 0.25) is 0 Å². The van der Waals surface area contributed by atoms with Crippen LogP contribution in [0.15, 0.2) is 6.20 Å². The van der Waals surface area contributed by atoms with Crippen molar-refractivity contribution in [2.75, 3.05) is 33.8 Å². The van der Waals surface area contributed by atoms with Gasteiger partial charge in [-0.1, -0.05) is 5.21 Å². The van der Waals surface area contributed by atoms with E-state index in [-0.39, 0.29) is 18.4 Å². The van der Waals surface area contributed by atoms with Crippen molar-refractivity contribution < 1.29 is 9.90 Å². The molecule has 1 amide bonds. The van der Waals surface area contributed by atoms with E-state index in [0.717, 1.165) is 38.2 Å². The second kappa shape index (κ2) is 6.34. The first-order valence-corrected chi connectivity index (χ1v) is 8.03. The van der Waals surface area contributed by atoms with Crippen molar-refractivity contribution in [3.8, 4) is 0 Å². The Bertz CT molecular complexity index is 530. The van der Waals surface area contributed by atoms with E-state index in [0.29, 0.717) is 18.4 Å². The molecule has 0 spiro atoms. The number of aromatic nitrogens is 3. The zero-order valence-electron chi connectivity index (χ0n) is 13.4. The van der Waals surface area contributed by atoms with Crippen LogP contribution < -0.4 is 0 Å². The molecule has 1 aromatic rings. The van der Waals surface area contributed by atoms with Gasteiger partial charge in [0, 0.05) is 45.9 Å². The van der Waals surface area contributed by atoms with Crippen molar-refractivity contribution in [2.24, 2.45) is 11.8 Å². The Labute approximate surface area is 130 Å². The van der Waals surface area contributed by atoms with Gasteiger partial charge >= 0.3 is 0 Å². The van der Waals surface area contributed by atoms with Crippen molar-refractivity contribution in [3.05, 3.63) is 11.9 Å². The van der Waals surface area contributed by atoms with Gasteiger partial charge in [0.1, 0.15) is 0 Å². The quantitative estimate of drug-likeness (QED) is 0.802. The third kappa shape index (κ3) is 3.01. The lowest BCUT2D eigenvalue weighted by Gasteiger charge is -2.49. The molecule has 4 atom stereocenters. The molecule has 2 bridgehead atoms. The van der Waals surface area contributed by atoms with Gasteiger partial charge < -0.3 is 10.0 Å². The zero-order chi connectivity index (χ0) is 15.7. The smallest absolute Gasteiger partial charge is 0.226 e. The van der Waals surface area contributed by atoms with Crippen molar-refractivity contribution in [2.45, 2.75) is 31.8 Å². The lowest BCUT2D eigenvalue weighted by atomic mass is 9.75. The summed E-state index contributed by atoms with van der Waals surface area (Å²) in [5.41, 5.74) is 0.833. The number of rotatable bonds is 5. The molecule has 0 aliphatic carbocycles. The molecule has 0 aromatic carbocycles. The van der Waals surface area contributed by atoms with Crippen LogP contribution in [-0.4, -0.2) is 75.6 Å². The Balaban J connectivity index is 1.62. The Hall–Kier alpha value is -1.47. The number of aliphatic hydroxyl groups excluding tert-OH is 1. The van der Waals surface area contributed by atoms with E-state index in [1.54, 1.807) is 4.90 Å². The Kier molecular flexibility index (Phi) is 4.44. The van der Waals surface area contributed by atoms with Gasteiger partial charge in [-0.05, 0) is 25.3 Å². The highest BCUT2D eigenvalue weighted by molar-refractivity contribution is 5.79. The number of hydrogen-bond acceptors (Lipinski definition) is 5. The van der Waals surface area contributed by atoms with Crippen LogP contribution in [0.1, 0.15) is 18.5 Å². The molecule has 3 aliphatic heterocycles. The molecule has 1 N–H and O–H groups in total. The van der Waals surface area contributed by atoms with Crippen molar-refractivity contribution in [1.29, 1.82) is 0 Å². The van der Waals surface area contributed by atoms with Crippen LogP contribution in [0.5, 0.6) is 0 Å². The minimum Gasteiger partial charge on any atom is -0.396 e. The maximum absolute atomic E-state index is 12.3. The van der Waals surface area contributed by atoms with E-state index in [4.69, 9.17) is 5.11 Å². The molecule has 22 heavy (non-hydrogen) atoms. The maximum atomic E-state index is 12.3. The minimum atomic E-state index is 0.102. The highest BCUT2D eigenvalue weighted by Gasteiger charge is 2.43. The highest BCUT2D eigenvalue weighted by Crippen LogP contribution is 2.37. The number of amides is 1. The zero-order valence-corrected chi connectivity index (χ0v) is 13.4. The third-order valence-corrected chi connectivity index (χ3v) is 4.99. The first kappa shape index (κ1) is 15.4. The average molecular weight is 307 g/mol. The summed E-state index contributed by atoms with van der Waals surface area (Å²) in [4.78, 5) is 16.4. The summed E-state index contributed by atoms with van der Waals surface area (Å²) in [5.74, 6) is 0.908. The van der Waals surface area contributed by atoms with Crippen molar-refractivity contribution in [1.82, 2.24) is 24.8 Å². The van der Waals surface area contributed by atoms with Gasteiger partial charge in [-0.3, -0.25) is 14.4 Å². The summed E-state index contributed by atoms with van der Waals surface area (Å²) in [6, 6.07) is 0.439. The second-order valence-electron chi connectivity index (χ2n) is 6.68. The fraction of sp³-hybridized carbons (Fsp3) is 0.800. The van der Waals surface area contributed by atoms with E-state index in [2.05, 4.69) is 15.2 Å². The molecule has 0 radical (unpaired) electrons. The lowest BCUT2D eigenvalue weighted by molar-refractivity contribution is -0.141. The van der Waals surface area contributed by atoms with Crippen LogP contribution >= 0.6 is 0 Å². The molecule has 4 heterocycles. The predicted molar refractivity (Wildman–Crippen MR) is 81.1 cm³/mol. The fourth-order valence-electron chi connectivity index (χ4n) is 3.81. The van der Waals surface area contributed by atoms with E-state index < -0.39 is 0 Å². The summed E-state index contributed by atoms with van der Waals surface area (Å²) in [5, 5.41) is 17.2. The number of carbonyl (C=O) groups excluding carboxylic acids is 1. The van der Waals surface area contributed by atoms with Gasteiger partial charge in [-0.25, -0.2) is 0 Å². The van der Waals surface area contributed by atoms with Gasteiger partial charge in [0.2, 0.25) is 5.91 Å². The molecule has 2 unspecified atom stereocenters. The number of hydrogen-bond donors (Lipinski definition) is 1. The number of carbonyl (C=O) groups is 1. The molecule has 3 saturated heterocycles. The normalized spacial score (nSPS) is 30.5. The van der Waals surface area contributed by atoms with Crippen LogP contribution in [0.3, 0.4) is 0 Å². The SMILES string of the molecule is CN(C)C(=O)[C@H]1CN2CCC1C[C@@H]2Cn1cc(CCO)nn1. The minimum absolute atomic E-state index is 0.102. The highest BCUT2D eigenvalue weighted by atomic mass is 16.3. The fourth-order valence-corrected chi connectivity index (χ4v) is 3.81. The topological polar surface area (TPSA) is 74.5 Å². The van der Waals surface area contributed by atoms with Crippen molar-refractivity contribution in [3.63, 3.8) is 0 Å². The Morgan fingerprint density at radius 2 is 2.32 bits per heavy atom. The third-order valence-electron chi connectivity index (χ3n) is 4.99. The predicted octanol–water partition coefficient (Wildman–Crippen LogP) is -0.388. The first-order valence-electron chi connectivity index (χ1n) is 8.03. The monoisotopic (exact) mass is 307 g/mol. The van der Waals surface area contributed by atoms with Gasteiger partial charge in [0.15, 0.2) is 0 Å². The molecular weight excluding hydrogens is 282 g/mol. The average Bonchev–Trinajstić information content (AvgIpc) is 2.94. The van der Waals surface area contributed by atoms with E-state index in [9.17, 15) is 4.79 Å². The molecule has 1 aromatic heterocycles. The number of fused-ring (bicyclic) bond motifs is 3. The molecule has 122 valence electrons. The van der Waals surface area contributed by atoms with Gasteiger partial charge in [0.05, 0.1) is 18.2 Å². The second-order valence-corrected chi connectivity index (χ2v) is 6.68. The van der Waals surface area contributed by atoms with Crippen LogP contribution in [0.4, 0.5) is 0 Å². The number of aliphatic hydroxyl groups is 1. The maximum Gasteiger partial charge on any atom is 0.226 e. The van der Waals surface area contributed by atoms with Gasteiger partial charge in [-0.2, -0.15) is 0 Å². The van der Waals surface area contributed by atoms with Gasteiger partial charge in [0.25, 0.3) is 0 Å². The number of nitrogens with zero attached hydrogens (tertiary/aromatic N) is 5. The molecule has 7 nitrogen and oxygen atoms in total. The molecule has 0 saturated carbocycles. The Morgan fingerprint density at radius 1 is 1.50 bits per heavy atom. The van der Waals surface area contributed by atoms with E-state index in [1.807, 2.05) is 25.0 Å². The summed E-state index contributed by atoms with van der Waals surface area (Å²) in [6.45, 7) is 2.86. The lowest BCUT2D eigenvalue weighted by Crippen LogP contribution is -2.57. The summed E-state index contributed by atoms with van der Waals surface area (Å²) >= 11 is 0. The van der Waals surface area contributed by atoms with Crippen LogP contribution in [-0.2, 0) is 17.8 Å². The number of piperidine rings is 3.